The molecular weight excluding hydrogens is 218 g/mol. The van der Waals surface area contributed by atoms with Crippen LogP contribution in [0.4, 0.5) is 0 Å². The molecule has 0 radical (unpaired) electrons. The van der Waals surface area contributed by atoms with Gasteiger partial charge in [-0.25, -0.2) is 0 Å². The van der Waals surface area contributed by atoms with Gasteiger partial charge in [-0.2, -0.15) is 0 Å². The molecule has 0 saturated heterocycles. The molecule has 0 atom stereocenters. The average molecular weight is 243 g/mol. The molecule has 1 amide bonds. The van der Waals surface area contributed by atoms with Crippen LogP contribution >= 0.6 is 0 Å². The number of amides is 1. The van der Waals surface area contributed by atoms with E-state index in [2.05, 4.69) is 17.4 Å². The van der Waals surface area contributed by atoms with Crippen LogP contribution in [0.1, 0.15) is 59.3 Å². The van der Waals surface area contributed by atoms with E-state index >= 15 is 0 Å². The summed E-state index contributed by atoms with van der Waals surface area (Å²) in [7, 11) is 0. The molecule has 0 aromatic carbocycles. The van der Waals surface area contributed by atoms with Gasteiger partial charge in [0.2, 0.25) is 5.91 Å². The van der Waals surface area contributed by atoms with Crippen LogP contribution in [-0.2, 0) is 4.79 Å². The van der Waals surface area contributed by atoms with Crippen LogP contribution in [0.15, 0.2) is 5.16 Å². The molecule has 0 aliphatic heterocycles. The molecule has 0 heterocycles. The van der Waals surface area contributed by atoms with Gasteiger partial charge in [-0.05, 0) is 20.3 Å². The van der Waals surface area contributed by atoms with Crippen molar-refractivity contribution >= 4 is 11.7 Å². The molecule has 0 aromatic heterocycles. The smallest absolute Gasteiger partial charge is 0.220 e. The lowest BCUT2D eigenvalue weighted by molar-refractivity contribution is -0.122. The second-order valence-electron chi connectivity index (χ2n) is 4.82. The standard InChI is InChI=1S/C12H25N3O2/c1-4-5-6-7-8-9-10(16)14-12(2,3)11(13)15-17/h17H,4-9H2,1-3H3,(H2,13,15)(H,14,16). The van der Waals surface area contributed by atoms with E-state index in [1.165, 1.54) is 19.3 Å². The summed E-state index contributed by atoms with van der Waals surface area (Å²) in [6, 6.07) is 0. The van der Waals surface area contributed by atoms with Gasteiger partial charge in [0.05, 0.1) is 5.54 Å². The predicted octanol–water partition coefficient (Wildman–Crippen LogP) is 1.99. The van der Waals surface area contributed by atoms with Gasteiger partial charge in [0, 0.05) is 6.42 Å². The molecule has 0 unspecified atom stereocenters. The lowest BCUT2D eigenvalue weighted by Crippen LogP contribution is -2.53. The van der Waals surface area contributed by atoms with Crippen molar-refractivity contribution in [3.05, 3.63) is 0 Å². The third kappa shape index (κ3) is 6.81. The SMILES string of the molecule is CCCCCCCC(=O)NC(C)(C)/C(N)=N/O. The lowest BCUT2D eigenvalue weighted by atomic mass is 10.0. The maximum absolute atomic E-state index is 11.6. The summed E-state index contributed by atoms with van der Waals surface area (Å²) in [6.45, 7) is 5.57. The zero-order valence-electron chi connectivity index (χ0n) is 11.1. The van der Waals surface area contributed by atoms with Crippen molar-refractivity contribution in [2.24, 2.45) is 10.9 Å². The molecule has 0 fully saturated rings. The largest absolute Gasteiger partial charge is 0.409 e. The summed E-state index contributed by atoms with van der Waals surface area (Å²) in [5.41, 5.74) is 4.68. The van der Waals surface area contributed by atoms with Crippen molar-refractivity contribution in [1.82, 2.24) is 5.32 Å². The van der Waals surface area contributed by atoms with Gasteiger partial charge < -0.3 is 16.3 Å². The van der Waals surface area contributed by atoms with E-state index in [0.29, 0.717) is 6.42 Å². The van der Waals surface area contributed by atoms with E-state index in [-0.39, 0.29) is 11.7 Å². The Labute approximate surface area is 103 Å². The first-order valence-electron chi connectivity index (χ1n) is 6.23. The summed E-state index contributed by atoms with van der Waals surface area (Å²) in [6.07, 6.45) is 6.04. The predicted molar refractivity (Wildman–Crippen MR) is 69.0 cm³/mol. The normalized spacial score (nSPS) is 12.5. The van der Waals surface area contributed by atoms with Crippen LogP contribution in [0.3, 0.4) is 0 Å². The Hall–Kier alpha value is -1.26. The molecular formula is C12H25N3O2. The number of amidine groups is 1. The maximum atomic E-state index is 11.6. The van der Waals surface area contributed by atoms with Crippen molar-refractivity contribution in [3.8, 4) is 0 Å². The van der Waals surface area contributed by atoms with Crippen molar-refractivity contribution in [2.45, 2.75) is 64.8 Å². The van der Waals surface area contributed by atoms with Crippen LogP contribution in [0.5, 0.6) is 0 Å². The number of oxime groups is 1. The molecule has 4 N–H and O–H groups in total. The van der Waals surface area contributed by atoms with Gasteiger partial charge in [-0.1, -0.05) is 37.8 Å². The van der Waals surface area contributed by atoms with E-state index in [1.807, 2.05) is 0 Å². The number of nitrogens with one attached hydrogen (secondary N) is 1. The summed E-state index contributed by atoms with van der Waals surface area (Å²) >= 11 is 0. The van der Waals surface area contributed by atoms with Crippen molar-refractivity contribution in [1.29, 1.82) is 0 Å². The van der Waals surface area contributed by atoms with E-state index in [1.54, 1.807) is 13.8 Å². The topological polar surface area (TPSA) is 87.7 Å². The van der Waals surface area contributed by atoms with Crippen LogP contribution in [0, 0.1) is 0 Å². The zero-order valence-corrected chi connectivity index (χ0v) is 11.1. The molecule has 5 heteroatoms. The minimum Gasteiger partial charge on any atom is -0.409 e. The first-order chi connectivity index (χ1) is 7.94. The number of hydrogen-bond donors (Lipinski definition) is 3. The third-order valence-corrected chi connectivity index (χ3v) is 2.71. The van der Waals surface area contributed by atoms with Crippen LogP contribution in [-0.4, -0.2) is 22.5 Å². The number of carbonyl (C=O) groups excluding carboxylic acids is 1. The zero-order chi connectivity index (χ0) is 13.3. The molecule has 5 nitrogen and oxygen atoms in total. The summed E-state index contributed by atoms with van der Waals surface area (Å²) < 4.78 is 0. The van der Waals surface area contributed by atoms with Gasteiger partial charge in [0.25, 0.3) is 0 Å². The number of carbonyl (C=O) groups is 1. The Balaban J connectivity index is 3.86. The van der Waals surface area contributed by atoms with Gasteiger partial charge in [0.15, 0.2) is 5.84 Å². The van der Waals surface area contributed by atoms with Crippen LogP contribution in [0.2, 0.25) is 0 Å². The highest BCUT2D eigenvalue weighted by atomic mass is 16.4. The van der Waals surface area contributed by atoms with Gasteiger partial charge >= 0.3 is 0 Å². The number of unbranched alkanes of at least 4 members (excludes halogenated alkanes) is 4. The second-order valence-corrected chi connectivity index (χ2v) is 4.82. The fourth-order valence-corrected chi connectivity index (χ4v) is 1.49. The van der Waals surface area contributed by atoms with Crippen molar-refractivity contribution in [2.75, 3.05) is 0 Å². The van der Waals surface area contributed by atoms with Crippen LogP contribution in [0.25, 0.3) is 0 Å². The first-order valence-corrected chi connectivity index (χ1v) is 6.23. The molecule has 17 heavy (non-hydrogen) atoms. The minimum absolute atomic E-state index is 0.0110. The van der Waals surface area contributed by atoms with Gasteiger partial charge in [0.1, 0.15) is 0 Å². The Morgan fingerprint density at radius 1 is 1.29 bits per heavy atom. The van der Waals surface area contributed by atoms with Crippen molar-refractivity contribution < 1.29 is 10.0 Å². The Kier molecular flexibility index (Phi) is 7.34. The fourth-order valence-electron chi connectivity index (χ4n) is 1.49. The number of rotatable bonds is 8. The highest BCUT2D eigenvalue weighted by molar-refractivity contribution is 5.93. The minimum atomic E-state index is -0.796. The molecule has 0 aliphatic rings. The molecule has 0 rings (SSSR count). The lowest BCUT2D eigenvalue weighted by Gasteiger charge is -2.24. The van der Waals surface area contributed by atoms with Gasteiger partial charge in [-0.15, -0.1) is 0 Å². The highest BCUT2D eigenvalue weighted by Gasteiger charge is 2.25. The van der Waals surface area contributed by atoms with Crippen LogP contribution < -0.4 is 11.1 Å². The molecule has 0 bridgehead atoms. The Morgan fingerprint density at radius 3 is 2.41 bits per heavy atom. The number of nitrogens with zero attached hydrogens (tertiary/aromatic N) is 1. The Morgan fingerprint density at radius 2 is 1.88 bits per heavy atom. The monoisotopic (exact) mass is 243 g/mol. The summed E-state index contributed by atoms with van der Waals surface area (Å²) in [5.74, 6) is -0.0464. The van der Waals surface area contributed by atoms with Crippen molar-refractivity contribution in [3.63, 3.8) is 0 Å². The molecule has 0 aliphatic carbocycles. The summed E-state index contributed by atoms with van der Waals surface area (Å²) in [5, 5.41) is 14.2. The number of nitrogens with two attached hydrogens (primary N) is 1. The van der Waals surface area contributed by atoms with E-state index < -0.39 is 5.54 Å². The molecule has 100 valence electrons. The highest BCUT2D eigenvalue weighted by Crippen LogP contribution is 2.07. The molecule has 0 spiro atoms. The molecule has 0 saturated carbocycles. The summed E-state index contributed by atoms with van der Waals surface area (Å²) in [4.78, 5) is 11.6. The fraction of sp³-hybridized carbons (Fsp3) is 0.833. The quantitative estimate of drug-likeness (QED) is 0.200. The average Bonchev–Trinajstić information content (AvgIpc) is 2.27. The maximum Gasteiger partial charge on any atom is 0.220 e. The number of hydrogen-bond acceptors (Lipinski definition) is 3. The molecule has 0 aromatic rings. The van der Waals surface area contributed by atoms with Gasteiger partial charge in [-0.3, -0.25) is 4.79 Å². The third-order valence-electron chi connectivity index (χ3n) is 2.71. The second kappa shape index (κ2) is 7.92. The van der Waals surface area contributed by atoms with E-state index in [4.69, 9.17) is 10.9 Å². The van der Waals surface area contributed by atoms with E-state index in [9.17, 15) is 4.79 Å². The van der Waals surface area contributed by atoms with E-state index in [0.717, 1.165) is 12.8 Å². The Bertz CT molecular complexity index is 262. The first kappa shape index (κ1) is 15.7.